The van der Waals surface area contributed by atoms with E-state index in [1.165, 1.54) is 0 Å². The lowest BCUT2D eigenvalue weighted by molar-refractivity contribution is 0.0949. The molecule has 0 unspecified atom stereocenters. The van der Waals surface area contributed by atoms with Gasteiger partial charge in [-0.1, -0.05) is 13.0 Å². The van der Waals surface area contributed by atoms with Crippen molar-refractivity contribution in [3.8, 4) is 5.75 Å². The number of carbonyl (C=O) groups is 1. The van der Waals surface area contributed by atoms with Gasteiger partial charge in [-0.05, 0) is 31.7 Å². The van der Waals surface area contributed by atoms with Gasteiger partial charge >= 0.3 is 0 Å². The van der Waals surface area contributed by atoms with Crippen LogP contribution < -0.4 is 15.4 Å². The summed E-state index contributed by atoms with van der Waals surface area (Å²) >= 11 is 0. The van der Waals surface area contributed by atoms with Gasteiger partial charge in [0.1, 0.15) is 12.4 Å². The van der Waals surface area contributed by atoms with Crippen molar-refractivity contribution in [3.63, 3.8) is 0 Å². The maximum absolute atomic E-state index is 12.0. The van der Waals surface area contributed by atoms with Gasteiger partial charge < -0.3 is 20.1 Å². The number of hydrogen-bond acceptors (Lipinski definition) is 4. The van der Waals surface area contributed by atoms with E-state index < -0.39 is 0 Å². The predicted octanol–water partition coefficient (Wildman–Crippen LogP) is 1.44. The van der Waals surface area contributed by atoms with Crippen molar-refractivity contribution in [3.05, 3.63) is 29.8 Å². The number of nitrogens with one attached hydrogen (secondary N) is 2. The molecule has 0 bridgehead atoms. The average Bonchev–Trinajstić information content (AvgIpc) is 2.46. The summed E-state index contributed by atoms with van der Waals surface area (Å²) in [5.74, 6) is 0.585. The van der Waals surface area contributed by atoms with Crippen LogP contribution in [0.2, 0.25) is 0 Å². The van der Waals surface area contributed by atoms with Gasteiger partial charge in [0.2, 0.25) is 0 Å². The Kier molecular flexibility index (Phi) is 7.69. The minimum atomic E-state index is -0.0908. The van der Waals surface area contributed by atoms with Gasteiger partial charge in [0.25, 0.3) is 5.91 Å². The third-order valence-electron chi connectivity index (χ3n) is 2.77. The molecule has 5 heteroatoms. The lowest BCUT2D eigenvalue weighted by Gasteiger charge is -2.13. The monoisotopic (exact) mass is 280 g/mol. The van der Waals surface area contributed by atoms with Crippen molar-refractivity contribution in [2.45, 2.75) is 19.9 Å². The Morgan fingerprint density at radius 2 is 2.15 bits per heavy atom. The molecule has 0 radical (unpaired) electrons. The standard InChI is InChI=1S/C15H24N2O3/c1-4-16-12(2)11-17-15(18)13-6-5-7-14(10-13)20-9-8-19-3/h5-7,10,12,16H,4,8-9,11H2,1-3H3,(H,17,18)/t12-/m1/s1. The third-order valence-corrected chi connectivity index (χ3v) is 2.77. The van der Waals surface area contributed by atoms with Crippen LogP contribution in [0.4, 0.5) is 0 Å². The minimum absolute atomic E-state index is 0.0908. The maximum atomic E-state index is 12.0. The van der Waals surface area contributed by atoms with Crippen LogP contribution in [0.25, 0.3) is 0 Å². The summed E-state index contributed by atoms with van der Waals surface area (Å²) in [5.41, 5.74) is 0.601. The van der Waals surface area contributed by atoms with E-state index in [4.69, 9.17) is 9.47 Å². The summed E-state index contributed by atoms with van der Waals surface area (Å²) in [7, 11) is 1.62. The number of ether oxygens (including phenoxy) is 2. The number of carbonyl (C=O) groups excluding carboxylic acids is 1. The molecule has 1 aromatic rings. The van der Waals surface area contributed by atoms with Crippen molar-refractivity contribution in [1.29, 1.82) is 0 Å². The molecule has 0 saturated heterocycles. The van der Waals surface area contributed by atoms with E-state index in [0.717, 1.165) is 6.54 Å². The molecule has 0 saturated carbocycles. The van der Waals surface area contributed by atoms with Gasteiger partial charge in [-0.15, -0.1) is 0 Å². The quantitative estimate of drug-likeness (QED) is 0.672. The number of amides is 1. The second-order valence-corrected chi connectivity index (χ2v) is 4.54. The first-order valence-corrected chi connectivity index (χ1v) is 6.90. The van der Waals surface area contributed by atoms with Gasteiger partial charge in [-0.2, -0.15) is 0 Å². The fourth-order valence-electron chi connectivity index (χ4n) is 1.74. The largest absolute Gasteiger partial charge is 0.491 e. The molecule has 0 fully saturated rings. The van der Waals surface area contributed by atoms with Crippen LogP contribution in [0, 0.1) is 0 Å². The molecule has 0 spiro atoms. The molecule has 0 aromatic heterocycles. The van der Waals surface area contributed by atoms with E-state index in [-0.39, 0.29) is 11.9 Å². The van der Waals surface area contributed by atoms with Gasteiger partial charge in [0.05, 0.1) is 6.61 Å². The van der Waals surface area contributed by atoms with Gasteiger partial charge in [0.15, 0.2) is 0 Å². The van der Waals surface area contributed by atoms with Gasteiger partial charge in [-0.25, -0.2) is 0 Å². The van der Waals surface area contributed by atoms with Crippen LogP contribution in [0.15, 0.2) is 24.3 Å². The van der Waals surface area contributed by atoms with E-state index in [2.05, 4.69) is 10.6 Å². The van der Waals surface area contributed by atoms with Gasteiger partial charge in [0, 0.05) is 25.3 Å². The highest BCUT2D eigenvalue weighted by molar-refractivity contribution is 5.94. The van der Waals surface area contributed by atoms with Crippen molar-refractivity contribution in [1.82, 2.24) is 10.6 Å². The second kappa shape index (κ2) is 9.34. The summed E-state index contributed by atoms with van der Waals surface area (Å²) in [6.07, 6.45) is 0. The highest BCUT2D eigenvalue weighted by Gasteiger charge is 2.08. The van der Waals surface area contributed by atoms with Crippen LogP contribution in [0.1, 0.15) is 24.2 Å². The van der Waals surface area contributed by atoms with E-state index >= 15 is 0 Å². The Balaban J connectivity index is 2.48. The van der Waals surface area contributed by atoms with E-state index in [9.17, 15) is 4.79 Å². The minimum Gasteiger partial charge on any atom is -0.491 e. The first-order valence-electron chi connectivity index (χ1n) is 6.90. The van der Waals surface area contributed by atoms with Crippen LogP contribution in [-0.4, -0.2) is 45.4 Å². The predicted molar refractivity (Wildman–Crippen MR) is 79.3 cm³/mol. The van der Waals surface area contributed by atoms with Gasteiger partial charge in [-0.3, -0.25) is 4.79 Å². The number of likely N-dealkylation sites (N-methyl/N-ethyl adjacent to an activating group) is 1. The summed E-state index contributed by atoms with van der Waals surface area (Å²) in [4.78, 5) is 12.0. The normalized spacial score (nSPS) is 11.9. The van der Waals surface area contributed by atoms with Crippen LogP contribution >= 0.6 is 0 Å². The van der Waals surface area contributed by atoms with Crippen molar-refractivity contribution in [2.24, 2.45) is 0 Å². The van der Waals surface area contributed by atoms with E-state index in [1.807, 2.05) is 26.0 Å². The van der Waals surface area contributed by atoms with Crippen LogP contribution in [-0.2, 0) is 4.74 Å². The van der Waals surface area contributed by atoms with Crippen LogP contribution in [0.3, 0.4) is 0 Å². The summed E-state index contributed by atoms with van der Waals surface area (Å²) in [5, 5.41) is 6.14. The Labute approximate surface area is 120 Å². The fraction of sp³-hybridized carbons (Fsp3) is 0.533. The maximum Gasteiger partial charge on any atom is 0.251 e. The molecule has 1 aromatic carbocycles. The zero-order valence-corrected chi connectivity index (χ0v) is 12.4. The summed E-state index contributed by atoms with van der Waals surface area (Å²) in [6.45, 7) is 6.56. The molecule has 1 amide bonds. The molecule has 2 N–H and O–H groups in total. The Morgan fingerprint density at radius 1 is 1.35 bits per heavy atom. The molecule has 1 rings (SSSR count). The molecule has 1 atom stereocenters. The Hall–Kier alpha value is -1.59. The molecule has 5 nitrogen and oxygen atoms in total. The zero-order valence-electron chi connectivity index (χ0n) is 12.4. The summed E-state index contributed by atoms with van der Waals surface area (Å²) < 4.78 is 10.4. The SMILES string of the molecule is CCN[C@H](C)CNC(=O)c1cccc(OCCOC)c1. The topological polar surface area (TPSA) is 59.6 Å². The first kappa shape index (κ1) is 16.5. The third kappa shape index (κ3) is 6.04. The van der Waals surface area contributed by atoms with E-state index in [0.29, 0.717) is 31.1 Å². The molecular formula is C15H24N2O3. The average molecular weight is 280 g/mol. The molecule has 0 aliphatic carbocycles. The highest BCUT2D eigenvalue weighted by atomic mass is 16.5. The molecule has 112 valence electrons. The molecule has 0 heterocycles. The zero-order chi connectivity index (χ0) is 14.8. The smallest absolute Gasteiger partial charge is 0.251 e. The lowest BCUT2D eigenvalue weighted by atomic mass is 10.2. The summed E-state index contributed by atoms with van der Waals surface area (Å²) in [6, 6.07) is 7.41. The highest BCUT2D eigenvalue weighted by Crippen LogP contribution is 2.13. The Morgan fingerprint density at radius 3 is 2.85 bits per heavy atom. The molecule has 20 heavy (non-hydrogen) atoms. The molecule has 0 aliphatic heterocycles. The molecular weight excluding hydrogens is 256 g/mol. The van der Waals surface area contributed by atoms with Crippen LogP contribution in [0.5, 0.6) is 5.75 Å². The first-order chi connectivity index (χ1) is 9.67. The van der Waals surface area contributed by atoms with E-state index in [1.54, 1.807) is 19.2 Å². The fourth-order valence-corrected chi connectivity index (χ4v) is 1.74. The van der Waals surface area contributed by atoms with Crippen molar-refractivity contribution < 1.29 is 14.3 Å². The van der Waals surface area contributed by atoms with Crippen molar-refractivity contribution >= 4 is 5.91 Å². The number of hydrogen-bond donors (Lipinski definition) is 2. The lowest BCUT2D eigenvalue weighted by Crippen LogP contribution is -2.38. The second-order valence-electron chi connectivity index (χ2n) is 4.54. The van der Waals surface area contributed by atoms with Crippen molar-refractivity contribution in [2.75, 3.05) is 33.4 Å². The number of benzene rings is 1. The molecule has 0 aliphatic rings. The number of methoxy groups -OCH3 is 1. The Bertz CT molecular complexity index is 410. The number of rotatable bonds is 9.